The quantitative estimate of drug-likeness (QED) is 0.794. The van der Waals surface area contributed by atoms with Gasteiger partial charge in [0.15, 0.2) is 0 Å². The first-order valence-electron chi connectivity index (χ1n) is 8.92. The van der Waals surface area contributed by atoms with Crippen LogP contribution in [0.25, 0.3) is 0 Å². The number of nitrogens with zero attached hydrogens (tertiary/aromatic N) is 2. The van der Waals surface area contributed by atoms with Gasteiger partial charge in [0.2, 0.25) is 5.91 Å². The van der Waals surface area contributed by atoms with E-state index in [1.807, 2.05) is 31.2 Å². The van der Waals surface area contributed by atoms with Crippen LogP contribution in [0.15, 0.2) is 36.5 Å². The second kappa shape index (κ2) is 8.92. The topological polar surface area (TPSA) is 77.7 Å². The zero-order valence-corrected chi connectivity index (χ0v) is 16.0. The van der Waals surface area contributed by atoms with E-state index in [1.54, 1.807) is 12.3 Å². The van der Waals surface area contributed by atoms with Gasteiger partial charge >= 0.3 is 0 Å². The summed E-state index contributed by atoms with van der Waals surface area (Å²) in [6, 6.07) is 9.24. The van der Waals surface area contributed by atoms with Crippen LogP contribution in [0, 0.1) is 0 Å². The monoisotopic (exact) mass is 390 g/mol. The number of likely N-dealkylation sites (N-methyl/N-ethyl adjacent to an activating group) is 1. The third-order valence-electron chi connectivity index (χ3n) is 4.41. The first kappa shape index (κ1) is 19.3. The molecule has 1 aliphatic rings. The standard InChI is InChI=1S/C19H23ClN4O3/c1-2-23(19(26)17-11-14(20)12-21-17)13-18(25)22-15-3-5-16(6-4-15)24-7-9-27-10-8-24/h3-6,11-12,21H,2,7-10,13H2,1H3,(H,22,25). The fourth-order valence-corrected chi connectivity index (χ4v) is 3.10. The van der Waals surface area contributed by atoms with Gasteiger partial charge in [-0.05, 0) is 37.3 Å². The van der Waals surface area contributed by atoms with Gasteiger partial charge in [-0.1, -0.05) is 11.6 Å². The zero-order chi connectivity index (χ0) is 19.2. The Hall–Kier alpha value is -2.51. The summed E-state index contributed by atoms with van der Waals surface area (Å²) in [5, 5.41) is 3.29. The highest BCUT2D eigenvalue weighted by molar-refractivity contribution is 6.31. The Labute approximate surface area is 163 Å². The molecule has 0 unspecified atom stereocenters. The lowest BCUT2D eigenvalue weighted by molar-refractivity contribution is -0.116. The average molecular weight is 391 g/mol. The average Bonchev–Trinajstić information content (AvgIpc) is 3.13. The van der Waals surface area contributed by atoms with Gasteiger partial charge < -0.3 is 24.8 Å². The first-order valence-corrected chi connectivity index (χ1v) is 9.30. The second-order valence-electron chi connectivity index (χ2n) is 6.25. The van der Waals surface area contributed by atoms with Gasteiger partial charge in [-0.2, -0.15) is 0 Å². The third-order valence-corrected chi connectivity index (χ3v) is 4.63. The molecule has 8 heteroatoms. The molecular formula is C19H23ClN4O3. The molecule has 1 aromatic carbocycles. The van der Waals surface area contributed by atoms with Gasteiger partial charge in [-0.25, -0.2) is 0 Å². The number of nitrogens with one attached hydrogen (secondary N) is 2. The molecular weight excluding hydrogens is 368 g/mol. The molecule has 2 amide bonds. The van der Waals surface area contributed by atoms with Crippen molar-refractivity contribution in [1.29, 1.82) is 0 Å². The van der Waals surface area contributed by atoms with E-state index in [0.717, 1.165) is 32.0 Å². The molecule has 2 N–H and O–H groups in total. The summed E-state index contributed by atoms with van der Waals surface area (Å²) in [6.07, 6.45) is 1.54. The van der Waals surface area contributed by atoms with E-state index in [0.29, 0.717) is 22.9 Å². The largest absolute Gasteiger partial charge is 0.378 e. The predicted octanol–water partition coefficient (Wildman–Crippen LogP) is 2.61. The lowest BCUT2D eigenvalue weighted by Gasteiger charge is -2.29. The number of hydrogen-bond donors (Lipinski definition) is 2. The predicted molar refractivity (Wildman–Crippen MR) is 105 cm³/mol. The van der Waals surface area contributed by atoms with Crippen molar-refractivity contribution in [3.63, 3.8) is 0 Å². The fourth-order valence-electron chi connectivity index (χ4n) is 2.94. The van der Waals surface area contributed by atoms with Gasteiger partial charge in [-0.3, -0.25) is 9.59 Å². The first-order chi connectivity index (χ1) is 13.1. The number of halogens is 1. The van der Waals surface area contributed by atoms with E-state index in [4.69, 9.17) is 16.3 Å². The maximum absolute atomic E-state index is 12.4. The van der Waals surface area contributed by atoms with E-state index < -0.39 is 0 Å². The van der Waals surface area contributed by atoms with Crippen LogP contribution in [-0.2, 0) is 9.53 Å². The molecule has 0 saturated carbocycles. The van der Waals surface area contributed by atoms with Crippen molar-refractivity contribution in [2.24, 2.45) is 0 Å². The van der Waals surface area contributed by atoms with Crippen molar-refractivity contribution in [2.75, 3.05) is 49.6 Å². The molecule has 1 aliphatic heterocycles. The number of carbonyl (C=O) groups is 2. The number of carbonyl (C=O) groups excluding carboxylic acids is 2. The van der Waals surface area contributed by atoms with Gasteiger partial charge in [-0.15, -0.1) is 0 Å². The maximum Gasteiger partial charge on any atom is 0.270 e. The minimum Gasteiger partial charge on any atom is -0.378 e. The number of hydrogen-bond acceptors (Lipinski definition) is 4. The second-order valence-corrected chi connectivity index (χ2v) is 6.68. The Kier molecular flexibility index (Phi) is 6.36. The van der Waals surface area contributed by atoms with Crippen LogP contribution in [0.2, 0.25) is 5.02 Å². The molecule has 1 saturated heterocycles. The number of amides is 2. The molecule has 0 aliphatic carbocycles. The Balaban J connectivity index is 1.56. The minimum absolute atomic E-state index is 0.0306. The van der Waals surface area contributed by atoms with E-state index in [-0.39, 0.29) is 18.4 Å². The fraction of sp³-hybridized carbons (Fsp3) is 0.368. The Bertz CT molecular complexity index is 785. The van der Waals surface area contributed by atoms with E-state index >= 15 is 0 Å². The Morgan fingerprint density at radius 1 is 1.26 bits per heavy atom. The van der Waals surface area contributed by atoms with Crippen LogP contribution < -0.4 is 10.2 Å². The molecule has 144 valence electrons. The molecule has 2 heterocycles. The summed E-state index contributed by atoms with van der Waals surface area (Å²) in [6.45, 7) is 5.39. The van der Waals surface area contributed by atoms with E-state index in [2.05, 4.69) is 15.2 Å². The van der Waals surface area contributed by atoms with Gasteiger partial charge in [0, 0.05) is 37.2 Å². The summed E-state index contributed by atoms with van der Waals surface area (Å²) in [7, 11) is 0. The van der Waals surface area contributed by atoms with Crippen molar-refractivity contribution in [1.82, 2.24) is 9.88 Å². The number of aromatic amines is 1. The van der Waals surface area contributed by atoms with Crippen molar-refractivity contribution in [2.45, 2.75) is 6.92 Å². The van der Waals surface area contributed by atoms with Gasteiger partial charge in [0.05, 0.1) is 18.2 Å². The summed E-state index contributed by atoms with van der Waals surface area (Å²) in [5.74, 6) is -0.510. The molecule has 0 radical (unpaired) electrons. The molecule has 2 aromatic rings. The van der Waals surface area contributed by atoms with Crippen molar-refractivity contribution < 1.29 is 14.3 Å². The number of benzene rings is 1. The molecule has 0 bridgehead atoms. The highest BCUT2D eigenvalue weighted by Crippen LogP contribution is 2.19. The maximum atomic E-state index is 12.4. The normalized spacial score (nSPS) is 14.1. The van der Waals surface area contributed by atoms with Crippen LogP contribution in [0.5, 0.6) is 0 Å². The summed E-state index contributed by atoms with van der Waals surface area (Å²) < 4.78 is 5.36. The Morgan fingerprint density at radius 3 is 2.56 bits per heavy atom. The number of morpholine rings is 1. The highest BCUT2D eigenvalue weighted by atomic mass is 35.5. The molecule has 0 spiro atoms. The Morgan fingerprint density at radius 2 is 1.96 bits per heavy atom. The third kappa shape index (κ3) is 5.02. The summed E-state index contributed by atoms with van der Waals surface area (Å²) in [5.41, 5.74) is 2.17. The number of H-pyrrole nitrogens is 1. The molecule has 1 fully saturated rings. The van der Waals surface area contributed by atoms with Crippen molar-refractivity contribution >= 4 is 34.8 Å². The lowest BCUT2D eigenvalue weighted by Crippen LogP contribution is -2.38. The van der Waals surface area contributed by atoms with Crippen LogP contribution in [-0.4, -0.2) is 61.1 Å². The van der Waals surface area contributed by atoms with Gasteiger partial charge in [0.1, 0.15) is 12.2 Å². The number of ether oxygens (including phenoxy) is 1. The number of aromatic nitrogens is 1. The van der Waals surface area contributed by atoms with Crippen LogP contribution >= 0.6 is 11.6 Å². The molecule has 0 atom stereocenters. The van der Waals surface area contributed by atoms with E-state index in [9.17, 15) is 9.59 Å². The van der Waals surface area contributed by atoms with Crippen molar-refractivity contribution in [3.05, 3.63) is 47.2 Å². The summed E-state index contributed by atoms with van der Waals surface area (Å²) >= 11 is 5.84. The van der Waals surface area contributed by atoms with Crippen LogP contribution in [0.1, 0.15) is 17.4 Å². The van der Waals surface area contributed by atoms with E-state index in [1.165, 1.54) is 4.90 Å². The van der Waals surface area contributed by atoms with Crippen LogP contribution in [0.4, 0.5) is 11.4 Å². The highest BCUT2D eigenvalue weighted by Gasteiger charge is 2.19. The zero-order valence-electron chi connectivity index (χ0n) is 15.2. The molecule has 27 heavy (non-hydrogen) atoms. The summed E-state index contributed by atoms with van der Waals surface area (Å²) in [4.78, 5) is 31.3. The lowest BCUT2D eigenvalue weighted by atomic mass is 10.2. The molecule has 1 aromatic heterocycles. The smallest absolute Gasteiger partial charge is 0.270 e. The number of anilines is 2. The SMILES string of the molecule is CCN(CC(=O)Nc1ccc(N2CCOCC2)cc1)C(=O)c1cc(Cl)c[nH]1. The van der Waals surface area contributed by atoms with Gasteiger partial charge in [0.25, 0.3) is 5.91 Å². The minimum atomic E-state index is -0.262. The van der Waals surface area contributed by atoms with Crippen molar-refractivity contribution in [3.8, 4) is 0 Å². The molecule has 7 nitrogen and oxygen atoms in total. The number of rotatable bonds is 6. The molecule has 3 rings (SSSR count). The van der Waals surface area contributed by atoms with Crippen LogP contribution in [0.3, 0.4) is 0 Å².